The van der Waals surface area contributed by atoms with Crippen molar-refractivity contribution in [2.45, 2.75) is 30.8 Å². The molecule has 0 aliphatic carbocycles. The molecule has 126 valence electrons. The number of hydrogen-bond donors (Lipinski definition) is 1. The second kappa shape index (κ2) is 5.01. The molecule has 3 atom stereocenters. The van der Waals surface area contributed by atoms with Gasteiger partial charge in [0.05, 0.1) is 18.0 Å². The van der Waals surface area contributed by atoms with Crippen molar-refractivity contribution in [2.24, 2.45) is 5.92 Å². The first-order valence-corrected chi connectivity index (χ1v) is 7.94. The second-order valence-electron chi connectivity index (χ2n) is 6.54. The molecule has 0 unspecified atom stereocenters. The fourth-order valence-electron chi connectivity index (χ4n) is 4.58. The van der Waals surface area contributed by atoms with Gasteiger partial charge in [-0.25, -0.2) is 0 Å². The highest BCUT2D eigenvalue weighted by Gasteiger charge is 2.63. The third kappa shape index (κ3) is 1.77. The standard InChI is InChI=1S/C16H17N3O5/c1-24-14(20)10-8-16(18-6-2-3-13(10)18)11-7-9(19(22)23)4-5-12(11)17-15(16)21/h4-5,7,10,13H,2-3,6,8H2,1H3,(H,17,21)/t10-,13+,16-/m1/s1. The summed E-state index contributed by atoms with van der Waals surface area (Å²) in [5.41, 5.74) is 0.116. The minimum absolute atomic E-state index is 0.0538. The maximum Gasteiger partial charge on any atom is 0.310 e. The Balaban J connectivity index is 1.86. The first-order chi connectivity index (χ1) is 11.5. The van der Waals surface area contributed by atoms with Crippen LogP contribution in [0.4, 0.5) is 11.4 Å². The number of carbonyl (C=O) groups excluding carboxylic acids is 2. The van der Waals surface area contributed by atoms with Gasteiger partial charge in [0, 0.05) is 29.4 Å². The summed E-state index contributed by atoms with van der Waals surface area (Å²) < 4.78 is 4.92. The van der Waals surface area contributed by atoms with Crippen LogP contribution < -0.4 is 5.32 Å². The zero-order chi connectivity index (χ0) is 17.1. The van der Waals surface area contributed by atoms with Crippen molar-refractivity contribution in [1.29, 1.82) is 0 Å². The largest absolute Gasteiger partial charge is 0.469 e. The Morgan fingerprint density at radius 1 is 1.50 bits per heavy atom. The lowest BCUT2D eigenvalue weighted by molar-refractivity contribution is -0.384. The van der Waals surface area contributed by atoms with Gasteiger partial charge in [0.1, 0.15) is 5.54 Å². The van der Waals surface area contributed by atoms with E-state index in [1.807, 2.05) is 4.90 Å². The van der Waals surface area contributed by atoms with Gasteiger partial charge in [-0.05, 0) is 31.9 Å². The molecule has 24 heavy (non-hydrogen) atoms. The van der Waals surface area contributed by atoms with Crippen molar-refractivity contribution in [3.05, 3.63) is 33.9 Å². The quantitative estimate of drug-likeness (QED) is 0.499. The first kappa shape index (κ1) is 15.1. The number of nitro benzene ring substituents is 1. The number of rotatable bonds is 2. The first-order valence-electron chi connectivity index (χ1n) is 7.94. The van der Waals surface area contributed by atoms with E-state index in [1.165, 1.54) is 19.2 Å². The molecule has 2 fully saturated rings. The SMILES string of the molecule is COC(=O)[C@@H]1C[C@@]2(C(=O)Nc3ccc([N+](=O)[O-])cc32)N2CCC[C@@H]12. The summed E-state index contributed by atoms with van der Waals surface area (Å²) in [5.74, 6) is -0.930. The van der Waals surface area contributed by atoms with Crippen LogP contribution in [0, 0.1) is 16.0 Å². The molecule has 3 aliphatic rings. The van der Waals surface area contributed by atoms with Crippen molar-refractivity contribution in [1.82, 2.24) is 4.90 Å². The van der Waals surface area contributed by atoms with E-state index >= 15 is 0 Å². The van der Waals surface area contributed by atoms with Gasteiger partial charge in [-0.2, -0.15) is 0 Å². The van der Waals surface area contributed by atoms with E-state index in [0.717, 1.165) is 12.8 Å². The number of anilines is 1. The molecule has 1 amide bonds. The number of carbonyl (C=O) groups is 2. The molecule has 0 aromatic heterocycles. The van der Waals surface area contributed by atoms with Crippen LogP contribution in [0.1, 0.15) is 24.8 Å². The summed E-state index contributed by atoms with van der Waals surface area (Å²) in [6.45, 7) is 0.688. The molecule has 0 saturated carbocycles. The molecule has 1 N–H and O–H groups in total. The summed E-state index contributed by atoms with van der Waals surface area (Å²) in [7, 11) is 1.35. The van der Waals surface area contributed by atoms with Crippen LogP contribution in [0.3, 0.4) is 0 Å². The molecule has 4 rings (SSSR count). The van der Waals surface area contributed by atoms with Crippen molar-refractivity contribution < 1.29 is 19.2 Å². The predicted molar refractivity (Wildman–Crippen MR) is 83.3 cm³/mol. The number of ether oxygens (including phenoxy) is 1. The molecule has 0 radical (unpaired) electrons. The lowest BCUT2D eigenvalue weighted by atomic mass is 9.84. The Hall–Kier alpha value is -2.48. The number of non-ortho nitro benzene ring substituents is 1. The van der Waals surface area contributed by atoms with Crippen LogP contribution in [0.25, 0.3) is 0 Å². The molecule has 3 heterocycles. The van der Waals surface area contributed by atoms with Gasteiger partial charge in [0.15, 0.2) is 0 Å². The predicted octanol–water partition coefficient (Wildman–Crippen LogP) is 1.40. The smallest absolute Gasteiger partial charge is 0.310 e. The van der Waals surface area contributed by atoms with Crippen molar-refractivity contribution in [2.75, 3.05) is 19.0 Å². The van der Waals surface area contributed by atoms with Gasteiger partial charge in [-0.15, -0.1) is 0 Å². The molecule has 8 nitrogen and oxygen atoms in total. The highest BCUT2D eigenvalue weighted by atomic mass is 16.6. The zero-order valence-electron chi connectivity index (χ0n) is 13.2. The zero-order valence-corrected chi connectivity index (χ0v) is 13.2. The van der Waals surface area contributed by atoms with Crippen LogP contribution in [0.15, 0.2) is 18.2 Å². The Kier molecular flexibility index (Phi) is 3.14. The Morgan fingerprint density at radius 2 is 2.29 bits per heavy atom. The number of nitro groups is 1. The van der Waals surface area contributed by atoms with Crippen molar-refractivity contribution in [3.8, 4) is 0 Å². The van der Waals surface area contributed by atoms with Crippen molar-refractivity contribution >= 4 is 23.3 Å². The number of nitrogens with zero attached hydrogens (tertiary/aromatic N) is 2. The molecular weight excluding hydrogens is 314 g/mol. The van der Waals surface area contributed by atoms with Gasteiger partial charge >= 0.3 is 5.97 Å². The van der Waals surface area contributed by atoms with Gasteiger partial charge in [0.25, 0.3) is 5.69 Å². The normalized spacial score (nSPS) is 31.0. The van der Waals surface area contributed by atoms with Gasteiger partial charge in [-0.1, -0.05) is 0 Å². The molecule has 3 aliphatic heterocycles. The van der Waals surface area contributed by atoms with Crippen molar-refractivity contribution in [3.63, 3.8) is 0 Å². The van der Waals surface area contributed by atoms with Gasteiger partial charge in [-0.3, -0.25) is 24.6 Å². The fraction of sp³-hybridized carbons (Fsp3) is 0.500. The van der Waals surface area contributed by atoms with E-state index in [1.54, 1.807) is 6.07 Å². The molecule has 8 heteroatoms. The van der Waals surface area contributed by atoms with E-state index in [-0.39, 0.29) is 23.6 Å². The summed E-state index contributed by atoms with van der Waals surface area (Å²) in [6, 6.07) is 4.35. The van der Waals surface area contributed by atoms with E-state index in [4.69, 9.17) is 4.74 Å². The fourth-order valence-corrected chi connectivity index (χ4v) is 4.58. The average Bonchev–Trinajstić information content (AvgIpc) is 3.22. The summed E-state index contributed by atoms with van der Waals surface area (Å²) in [5, 5.41) is 14.0. The van der Waals surface area contributed by atoms with Crippen LogP contribution in [-0.4, -0.2) is 41.4 Å². The van der Waals surface area contributed by atoms with E-state index in [2.05, 4.69) is 5.32 Å². The number of nitrogens with one attached hydrogen (secondary N) is 1. The lowest BCUT2D eigenvalue weighted by Crippen LogP contribution is -2.47. The number of esters is 1. The number of hydrogen-bond acceptors (Lipinski definition) is 6. The number of benzene rings is 1. The lowest BCUT2D eigenvalue weighted by Gasteiger charge is -2.32. The molecule has 0 bridgehead atoms. The van der Waals surface area contributed by atoms with E-state index in [9.17, 15) is 19.7 Å². The summed E-state index contributed by atoms with van der Waals surface area (Å²) in [6.07, 6.45) is 2.00. The minimum Gasteiger partial charge on any atom is -0.469 e. The number of fused-ring (bicyclic) bond motifs is 4. The monoisotopic (exact) mass is 331 g/mol. The maximum absolute atomic E-state index is 12.9. The average molecular weight is 331 g/mol. The summed E-state index contributed by atoms with van der Waals surface area (Å²) in [4.78, 5) is 37.8. The van der Waals surface area contributed by atoms with Crippen LogP contribution in [-0.2, 0) is 19.9 Å². The third-order valence-electron chi connectivity index (χ3n) is 5.56. The Morgan fingerprint density at radius 3 is 3.00 bits per heavy atom. The van der Waals surface area contributed by atoms with Gasteiger partial charge < -0.3 is 10.1 Å². The molecule has 1 aromatic carbocycles. The van der Waals surface area contributed by atoms with Crippen LogP contribution in [0.5, 0.6) is 0 Å². The second-order valence-corrected chi connectivity index (χ2v) is 6.54. The minimum atomic E-state index is -1.01. The Bertz CT molecular complexity index is 764. The molecular formula is C16H17N3O5. The van der Waals surface area contributed by atoms with E-state index in [0.29, 0.717) is 24.2 Å². The highest BCUT2D eigenvalue weighted by Crippen LogP contribution is 2.54. The highest BCUT2D eigenvalue weighted by molar-refractivity contribution is 6.07. The van der Waals surface area contributed by atoms with Crippen LogP contribution in [0.2, 0.25) is 0 Å². The van der Waals surface area contributed by atoms with E-state index < -0.39 is 16.4 Å². The topological polar surface area (TPSA) is 102 Å². The molecule has 1 aromatic rings. The molecule has 2 saturated heterocycles. The number of methoxy groups -OCH3 is 1. The molecule has 1 spiro atoms. The Labute approximate surface area is 137 Å². The van der Waals surface area contributed by atoms with Crippen LogP contribution >= 0.6 is 0 Å². The number of amides is 1. The third-order valence-corrected chi connectivity index (χ3v) is 5.56. The van der Waals surface area contributed by atoms with Gasteiger partial charge in [0.2, 0.25) is 5.91 Å². The maximum atomic E-state index is 12.9. The summed E-state index contributed by atoms with van der Waals surface area (Å²) >= 11 is 0.